The summed E-state index contributed by atoms with van der Waals surface area (Å²) >= 11 is 0. The Morgan fingerprint density at radius 3 is 2.39 bits per heavy atom. The fourth-order valence-corrected chi connectivity index (χ4v) is 3.03. The van der Waals surface area contributed by atoms with E-state index in [2.05, 4.69) is 50.9 Å². The highest BCUT2D eigenvalue weighted by Gasteiger charge is 2.52. The van der Waals surface area contributed by atoms with Gasteiger partial charge in [0.25, 0.3) is 0 Å². The van der Waals surface area contributed by atoms with Crippen molar-refractivity contribution in [3.8, 4) is 5.69 Å². The minimum Gasteiger partial charge on any atom is -0.399 e. The van der Waals surface area contributed by atoms with Gasteiger partial charge in [-0.2, -0.15) is 0 Å². The lowest BCUT2D eigenvalue weighted by molar-refractivity contribution is 0.00578. The molecule has 1 saturated heterocycles. The summed E-state index contributed by atoms with van der Waals surface area (Å²) in [5.74, 6) is 0.713. The van der Waals surface area contributed by atoms with E-state index in [1.54, 1.807) is 6.20 Å². The molecule has 0 bridgehead atoms. The first-order valence-corrected chi connectivity index (χ1v) is 8.35. The summed E-state index contributed by atoms with van der Waals surface area (Å²) in [5.41, 5.74) is 2.89. The molecule has 2 heterocycles. The van der Waals surface area contributed by atoms with Crippen molar-refractivity contribution in [2.75, 3.05) is 0 Å². The Bertz CT molecular complexity index is 705. The van der Waals surface area contributed by atoms with Crippen molar-refractivity contribution in [1.82, 2.24) is 9.55 Å². The molecule has 23 heavy (non-hydrogen) atoms. The summed E-state index contributed by atoms with van der Waals surface area (Å²) < 4.78 is 14.5. The van der Waals surface area contributed by atoms with Crippen LogP contribution >= 0.6 is 0 Å². The van der Waals surface area contributed by atoms with E-state index in [4.69, 9.17) is 9.31 Å². The van der Waals surface area contributed by atoms with E-state index in [1.807, 2.05) is 17.1 Å². The summed E-state index contributed by atoms with van der Waals surface area (Å²) in [6, 6.07) is 6.64. The highest BCUT2D eigenvalue weighted by molar-refractivity contribution is 6.63. The number of benzene rings is 1. The van der Waals surface area contributed by atoms with Crippen molar-refractivity contribution in [1.29, 1.82) is 0 Å². The maximum atomic E-state index is 6.25. The molecule has 2 aromatic rings. The van der Waals surface area contributed by atoms with Gasteiger partial charge in [-0.05, 0) is 58.1 Å². The second-order valence-corrected chi connectivity index (χ2v) is 7.65. The third kappa shape index (κ3) is 2.52. The first-order chi connectivity index (χ1) is 10.9. The fourth-order valence-electron chi connectivity index (χ4n) is 3.03. The summed E-state index contributed by atoms with van der Waals surface area (Å²) in [4.78, 5) is 4.19. The first-order valence-electron chi connectivity index (χ1n) is 8.35. The Hall–Kier alpha value is -1.59. The molecule has 0 spiro atoms. The average molecular weight is 310 g/mol. The molecule has 1 aliphatic carbocycles. The van der Waals surface area contributed by atoms with Gasteiger partial charge in [0, 0.05) is 23.5 Å². The Balaban J connectivity index is 1.77. The minimum absolute atomic E-state index is 0.334. The van der Waals surface area contributed by atoms with E-state index in [-0.39, 0.29) is 18.3 Å². The highest BCUT2D eigenvalue weighted by atomic mass is 16.7. The van der Waals surface area contributed by atoms with E-state index in [0.29, 0.717) is 5.92 Å². The maximum absolute atomic E-state index is 6.25. The van der Waals surface area contributed by atoms with Crippen molar-refractivity contribution < 1.29 is 9.31 Å². The van der Waals surface area contributed by atoms with E-state index in [1.165, 1.54) is 18.4 Å². The minimum atomic E-state index is -0.356. The zero-order valence-corrected chi connectivity index (χ0v) is 14.2. The highest BCUT2D eigenvalue weighted by Crippen LogP contribution is 2.41. The Kier molecular flexibility index (Phi) is 3.22. The van der Waals surface area contributed by atoms with Crippen LogP contribution in [0.25, 0.3) is 5.69 Å². The van der Waals surface area contributed by atoms with E-state index in [0.717, 1.165) is 11.2 Å². The van der Waals surface area contributed by atoms with Crippen molar-refractivity contribution in [3.05, 3.63) is 42.5 Å². The largest absolute Gasteiger partial charge is 0.496 e. The van der Waals surface area contributed by atoms with Gasteiger partial charge in [-0.25, -0.2) is 4.98 Å². The van der Waals surface area contributed by atoms with Crippen molar-refractivity contribution in [3.63, 3.8) is 0 Å². The molecule has 1 aromatic carbocycles. The lowest BCUT2D eigenvalue weighted by atomic mass is 9.77. The number of aromatic nitrogens is 2. The zero-order valence-electron chi connectivity index (χ0n) is 14.2. The molecular formula is C18H23BN2O2. The molecule has 0 atom stereocenters. The van der Waals surface area contributed by atoms with E-state index in [9.17, 15) is 0 Å². The molecule has 5 heteroatoms. The van der Waals surface area contributed by atoms with Crippen LogP contribution in [0.4, 0.5) is 0 Å². The normalized spacial score (nSPS) is 22.5. The van der Waals surface area contributed by atoms with Gasteiger partial charge in [0.2, 0.25) is 0 Å². The lowest BCUT2D eigenvalue weighted by Gasteiger charge is -2.32. The molecule has 1 aromatic heterocycles. The van der Waals surface area contributed by atoms with Crippen LogP contribution in [-0.2, 0) is 9.31 Å². The maximum Gasteiger partial charge on any atom is 0.496 e. The second-order valence-electron chi connectivity index (χ2n) is 7.65. The lowest BCUT2D eigenvalue weighted by Crippen LogP contribution is -2.41. The van der Waals surface area contributed by atoms with Gasteiger partial charge in [-0.3, -0.25) is 0 Å². The number of nitrogens with zero attached hydrogens (tertiary/aromatic N) is 2. The summed E-state index contributed by atoms with van der Waals surface area (Å²) in [6.45, 7) is 8.34. The molecule has 0 amide bonds. The molecule has 1 aliphatic heterocycles. The summed E-state index contributed by atoms with van der Waals surface area (Å²) in [7, 11) is -0.356. The predicted molar refractivity (Wildman–Crippen MR) is 91.3 cm³/mol. The molecule has 120 valence electrons. The van der Waals surface area contributed by atoms with Gasteiger partial charge in [0.15, 0.2) is 0 Å². The molecule has 0 N–H and O–H groups in total. The van der Waals surface area contributed by atoms with Crippen molar-refractivity contribution in [2.45, 2.75) is 57.7 Å². The third-order valence-electron chi connectivity index (χ3n) is 5.39. The monoisotopic (exact) mass is 310 g/mol. The van der Waals surface area contributed by atoms with Gasteiger partial charge >= 0.3 is 7.12 Å². The SMILES string of the molecule is CC1(C)OB(c2ccc(C3CC3)cc2-n2ccnc2)OC1(C)C. The third-order valence-corrected chi connectivity index (χ3v) is 5.39. The molecule has 4 nitrogen and oxygen atoms in total. The van der Waals surface area contributed by atoms with Gasteiger partial charge in [0.05, 0.1) is 17.5 Å². The van der Waals surface area contributed by atoms with Crippen LogP contribution in [0.5, 0.6) is 0 Å². The molecule has 2 fully saturated rings. The predicted octanol–water partition coefficient (Wildman–Crippen LogP) is 3.05. The van der Waals surface area contributed by atoms with Crippen LogP contribution in [0.1, 0.15) is 52.0 Å². The zero-order chi connectivity index (χ0) is 16.2. The number of hydrogen-bond donors (Lipinski definition) is 0. The van der Waals surface area contributed by atoms with Crippen LogP contribution in [0, 0.1) is 0 Å². The molecule has 2 aliphatic rings. The second kappa shape index (κ2) is 4.95. The standard InChI is InChI=1S/C18H23BN2O2/c1-17(2)18(3,4)23-19(22-17)15-8-7-14(13-5-6-13)11-16(15)21-10-9-20-12-21/h7-13H,5-6H2,1-4H3. The van der Waals surface area contributed by atoms with Crippen LogP contribution in [0.3, 0.4) is 0 Å². The number of hydrogen-bond acceptors (Lipinski definition) is 3. The van der Waals surface area contributed by atoms with Crippen molar-refractivity contribution in [2.24, 2.45) is 0 Å². The van der Waals surface area contributed by atoms with Crippen LogP contribution in [0.15, 0.2) is 36.9 Å². The topological polar surface area (TPSA) is 36.3 Å². The van der Waals surface area contributed by atoms with Gasteiger partial charge in [-0.15, -0.1) is 0 Å². The quantitative estimate of drug-likeness (QED) is 0.818. The van der Waals surface area contributed by atoms with E-state index < -0.39 is 0 Å². The van der Waals surface area contributed by atoms with Crippen LogP contribution in [0.2, 0.25) is 0 Å². The number of rotatable bonds is 3. The van der Waals surface area contributed by atoms with Crippen LogP contribution in [-0.4, -0.2) is 27.9 Å². The summed E-state index contributed by atoms with van der Waals surface area (Å²) in [5, 5.41) is 0. The molecule has 0 unspecified atom stereocenters. The molecule has 1 saturated carbocycles. The average Bonchev–Trinajstić information content (AvgIpc) is 3.14. The van der Waals surface area contributed by atoms with Gasteiger partial charge in [0.1, 0.15) is 0 Å². The smallest absolute Gasteiger partial charge is 0.399 e. The molecule has 0 radical (unpaired) electrons. The fraction of sp³-hybridized carbons (Fsp3) is 0.500. The first kappa shape index (κ1) is 15.0. The van der Waals surface area contributed by atoms with Gasteiger partial charge < -0.3 is 13.9 Å². The summed E-state index contributed by atoms with van der Waals surface area (Å²) in [6.07, 6.45) is 8.19. The van der Waals surface area contributed by atoms with Crippen LogP contribution < -0.4 is 5.46 Å². The molecule has 4 rings (SSSR count). The van der Waals surface area contributed by atoms with Crippen molar-refractivity contribution >= 4 is 12.6 Å². The van der Waals surface area contributed by atoms with E-state index >= 15 is 0 Å². The molecular weight excluding hydrogens is 287 g/mol. The Labute approximate surface area is 138 Å². The Morgan fingerprint density at radius 2 is 1.83 bits per heavy atom. The number of imidazole rings is 1. The van der Waals surface area contributed by atoms with Gasteiger partial charge in [-0.1, -0.05) is 12.1 Å². The Morgan fingerprint density at radius 1 is 1.13 bits per heavy atom.